The second-order valence-electron chi connectivity index (χ2n) is 5.39. The average Bonchev–Trinajstić information content (AvgIpc) is 2.41. The molecule has 0 bridgehead atoms. The van der Waals surface area contributed by atoms with Gasteiger partial charge in [-0.25, -0.2) is 0 Å². The standard InChI is InChI=1S/C15H25N3/c1-4-15(5-2)12-18(10-9-17-15)11-14-13(3)7-6-8-16-14/h6-8,17H,4-5,9-12H2,1-3H3. The first-order chi connectivity index (χ1) is 8.69. The van der Waals surface area contributed by atoms with Gasteiger partial charge in [-0.15, -0.1) is 0 Å². The highest BCUT2D eigenvalue weighted by atomic mass is 15.2. The minimum absolute atomic E-state index is 0.306. The number of rotatable bonds is 4. The second kappa shape index (κ2) is 5.81. The number of aromatic nitrogens is 1. The van der Waals surface area contributed by atoms with E-state index in [1.54, 1.807) is 0 Å². The van der Waals surface area contributed by atoms with Crippen LogP contribution in [-0.4, -0.2) is 35.1 Å². The summed E-state index contributed by atoms with van der Waals surface area (Å²) in [5, 5.41) is 3.70. The van der Waals surface area contributed by atoms with E-state index in [4.69, 9.17) is 0 Å². The molecule has 0 amide bonds. The molecule has 0 spiro atoms. The lowest BCUT2D eigenvalue weighted by molar-refractivity contribution is 0.117. The van der Waals surface area contributed by atoms with Crippen molar-refractivity contribution < 1.29 is 0 Å². The van der Waals surface area contributed by atoms with Crippen molar-refractivity contribution in [3.63, 3.8) is 0 Å². The van der Waals surface area contributed by atoms with E-state index in [1.165, 1.54) is 24.1 Å². The van der Waals surface area contributed by atoms with Crippen LogP contribution in [0, 0.1) is 6.92 Å². The molecule has 100 valence electrons. The summed E-state index contributed by atoms with van der Waals surface area (Å²) in [6, 6.07) is 4.16. The third-order valence-corrected chi connectivity index (χ3v) is 4.30. The first-order valence-corrected chi connectivity index (χ1v) is 7.07. The molecule has 1 aromatic rings. The van der Waals surface area contributed by atoms with E-state index in [0.29, 0.717) is 5.54 Å². The summed E-state index contributed by atoms with van der Waals surface area (Å²) in [5.41, 5.74) is 2.83. The van der Waals surface area contributed by atoms with Crippen LogP contribution in [0.4, 0.5) is 0 Å². The van der Waals surface area contributed by atoms with Crippen LogP contribution in [0.2, 0.25) is 0 Å². The molecule has 0 aliphatic carbocycles. The summed E-state index contributed by atoms with van der Waals surface area (Å²) in [5.74, 6) is 0. The second-order valence-corrected chi connectivity index (χ2v) is 5.39. The number of nitrogens with zero attached hydrogens (tertiary/aromatic N) is 2. The molecule has 0 unspecified atom stereocenters. The average molecular weight is 247 g/mol. The van der Waals surface area contributed by atoms with E-state index in [2.05, 4.69) is 42.0 Å². The van der Waals surface area contributed by atoms with Crippen molar-refractivity contribution in [2.45, 2.75) is 45.7 Å². The Hall–Kier alpha value is -0.930. The molecule has 2 heterocycles. The quantitative estimate of drug-likeness (QED) is 0.885. The Labute approximate surface area is 111 Å². The van der Waals surface area contributed by atoms with Crippen molar-refractivity contribution in [2.24, 2.45) is 0 Å². The number of hydrogen-bond donors (Lipinski definition) is 1. The van der Waals surface area contributed by atoms with E-state index in [1.807, 2.05) is 12.3 Å². The lowest BCUT2D eigenvalue weighted by atomic mass is 9.90. The molecule has 1 N–H and O–H groups in total. The summed E-state index contributed by atoms with van der Waals surface area (Å²) in [4.78, 5) is 7.05. The van der Waals surface area contributed by atoms with Gasteiger partial charge >= 0.3 is 0 Å². The first kappa shape index (κ1) is 13.5. The first-order valence-electron chi connectivity index (χ1n) is 7.07. The number of aryl methyl sites for hydroxylation is 1. The van der Waals surface area contributed by atoms with Crippen molar-refractivity contribution in [3.05, 3.63) is 29.6 Å². The van der Waals surface area contributed by atoms with Gasteiger partial charge in [0.15, 0.2) is 0 Å². The molecule has 3 nitrogen and oxygen atoms in total. The monoisotopic (exact) mass is 247 g/mol. The highest BCUT2D eigenvalue weighted by Crippen LogP contribution is 2.21. The minimum atomic E-state index is 0.306. The normalized spacial score (nSPS) is 19.9. The zero-order valence-corrected chi connectivity index (χ0v) is 11.9. The fourth-order valence-electron chi connectivity index (χ4n) is 2.80. The third kappa shape index (κ3) is 2.90. The topological polar surface area (TPSA) is 28.2 Å². The Bertz CT molecular complexity index is 385. The largest absolute Gasteiger partial charge is 0.309 e. The summed E-state index contributed by atoms with van der Waals surface area (Å²) in [6.45, 7) is 11.0. The van der Waals surface area contributed by atoms with Gasteiger partial charge in [-0.2, -0.15) is 0 Å². The summed E-state index contributed by atoms with van der Waals surface area (Å²) >= 11 is 0. The molecule has 18 heavy (non-hydrogen) atoms. The number of hydrogen-bond acceptors (Lipinski definition) is 3. The Morgan fingerprint density at radius 3 is 2.83 bits per heavy atom. The van der Waals surface area contributed by atoms with Gasteiger partial charge in [0.2, 0.25) is 0 Å². The Morgan fingerprint density at radius 2 is 2.17 bits per heavy atom. The number of pyridine rings is 1. The zero-order chi connectivity index (χ0) is 13.0. The van der Waals surface area contributed by atoms with Crippen LogP contribution in [0.25, 0.3) is 0 Å². The molecule has 3 heteroatoms. The van der Waals surface area contributed by atoms with Crippen LogP contribution < -0.4 is 5.32 Å². The van der Waals surface area contributed by atoms with Crippen molar-refractivity contribution in [3.8, 4) is 0 Å². The minimum Gasteiger partial charge on any atom is -0.309 e. The van der Waals surface area contributed by atoms with Crippen LogP contribution in [0.15, 0.2) is 18.3 Å². The maximum atomic E-state index is 4.51. The van der Waals surface area contributed by atoms with Crippen LogP contribution in [-0.2, 0) is 6.54 Å². The van der Waals surface area contributed by atoms with Gasteiger partial charge in [-0.3, -0.25) is 9.88 Å². The summed E-state index contributed by atoms with van der Waals surface area (Å²) < 4.78 is 0. The fourth-order valence-corrected chi connectivity index (χ4v) is 2.80. The molecular formula is C15H25N3. The molecule has 0 saturated carbocycles. The number of piperazine rings is 1. The lowest BCUT2D eigenvalue weighted by Crippen LogP contribution is -2.59. The van der Waals surface area contributed by atoms with Crippen molar-refractivity contribution in [1.82, 2.24) is 15.2 Å². The van der Waals surface area contributed by atoms with E-state index >= 15 is 0 Å². The number of nitrogens with one attached hydrogen (secondary N) is 1. The Balaban J connectivity index is 2.04. The molecule has 1 aromatic heterocycles. The maximum Gasteiger partial charge on any atom is 0.0573 e. The van der Waals surface area contributed by atoms with Crippen molar-refractivity contribution in [2.75, 3.05) is 19.6 Å². The van der Waals surface area contributed by atoms with Crippen molar-refractivity contribution in [1.29, 1.82) is 0 Å². The van der Waals surface area contributed by atoms with E-state index in [-0.39, 0.29) is 0 Å². The van der Waals surface area contributed by atoms with E-state index in [0.717, 1.165) is 26.2 Å². The van der Waals surface area contributed by atoms with Crippen molar-refractivity contribution >= 4 is 0 Å². The molecule has 0 atom stereocenters. The predicted molar refractivity (Wildman–Crippen MR) is 75.6 cm³/mol. The Kier molecular flexibility index (Phi) is 4.36. The highest BCUT2D eigenvalue weighted by molar-refractivity contribution is 5.17. The smallest absolute Gasteiger partial charge is 0.0573 e. The van der Waals surface area contributed by atoms with Crippen LogP contribution >= 0.6 is 0 Å². The van der Waals surface area contributed by atoms with Gasteiger partial charge in [0, 0.05) is 37.9 Å². The predicted octanol–water partition coefficient (Wildman–Crippen LogP) is 2.35. The van der Waals surface area contributed by atoms with Gasteiger partial charge < -0.3 is 5.32 Å². The van der Waals surface area contributed by atoms with Gasteiger partial charge in [-0.05, 0) is 31.4 Å². The fraction of sp³-hybridized carbons (Fsp3) is 0.667. The molecule has 0 radical (unpaired) electrons. The molecule has 1 aliphatic rings. The van der Waals surface area contributed by atoms with E-state index in [9.17, 15) is 0 Å². The lowest BCUT2D eigenvalue weighted by Gasteiger charge is -2.43. The van der Waals surface area contributed by atoms with Gasteiger partial charge in [0.05, 0.1) is 5.69 Å². The highest BCUT2D eigenvalue weighted by Gasteiger charge is 2.31. The van der Waals surface area contributed by atoms with Gasteiger partial charge in [-0.1, -0.05) is 19.9 Å². The molecule has 0 aromatic carbocycles. The molecule has 1 saturated heterocycles. The maximum absolute atomic E-state index is 4.51. The van der Waals surface area contributed by atoms with E-state index < -0.39 is 0 Å². The van der Waals surface area contributed by atoms with Crippen LogP contribution in [0.1, 0.15) is 37.9 Å². The third-order valence-electron chi connectivity index (χ3n) is 4.30. The molecule has 1 fully saturated rings. The molecular weight excluding hydrogens is 222 g/mol. The summed E-state index contributed by atoms with van der Waals surface area (Å²) in [6.07, 6.45) is 4.29. The Morgan fingerprint density at radius 1 is 1.39 bits per heavy atom. The van der Waals surface area contributed by atoms with Gasteiger partial charge in [0.1, 0.15) is 0 Å². The molecule has 2 rings (SSSR count). The molecule has 1 aliphatic heterocycles. The zero-order valence-electron chi connectivity index (χ0n) is 11.9. The summed E-state index contributed by atoms with van der Waals surface area (Å²) in [7, 11) is 0. The van der Waals surface area contributed by atoms with Crippen LogP contribution in [0.5, 0.6) is 0 Å². The van der Waals surface area contributed by atoms with Crippen LogP contribution in [0.3, 0.4) is 0 Å². The SMILES string of the molecule is CCC1(CC)CN(Cc2ncccc2C)CCN1. The van der Waals surface area contributed by atoms with Gasteiger partial charge in [0.25, 0.3) is 0 Å².